The van der Waals surface area contributed by atoms with E-state index < -0.39 is 0 Å². The van der Waals surface area contributed by atoms with Crippen molar-refractivity contribution < 1.29 is 9.84 Å². The van der Waals surface area contributed by atoms with E-state index in [9.17, 15) is 0 Å². The van der Waals surface area contributed by atoms with Crippen molar-refractivity contribution in [2.24, 2.45) is 0 Å². The van der Waals surface area contributed by atoms with Gasteiger partial charge in [0, 0.05) is 0 Å². The molecule has 2 nitrogen and oxygen atoms in total. The number of hydrogen-bond acceptors (Lipinski definition) is 2. The third kappa shape index (κ3) is 2.16. The zero-order chi connectivity index (χ0) is 6.53. The summed E-state index contributed by atoms with van der Waals surface area (Å²) >= 11 is 0. The lowest BCUT2D eigenvalue weighted by Gasteiger charge is -2.16. The molecule has 1 aliphatic rings. The van der Waals surface area contributed by atoms with Crippen LogP contribution < -0.4 is 0 Å². The van der Waals surface area contributed by atoms with E-state index in [2.05, 4.69) is 12.2 Å². The molecule has 0 saturated heterocycles. The summed E-state index contributed by atoms with van der Waals surface area (Å²) in [7, 11) is 0. The summed E-state index contributed by atoms with van der Waals surface area (Å²) in [5.41, 5.74) is 0. The van der Waals surface area contributed by atoms with Gasteiger partial charge in [-0.3, -0.25) is 0 Å². The van der Waals surface area contributed by atoms with E-state index in [-0.39, 0.29) is 12.9 Å². The van der Waals surface area contributed by atoms with Crippen LogP contribution in [-0.2, 0) is 4.74 Å². The second-order valence-electron chi connectivity index (χ2n) is 2.20. The van der Waals surface area contributed by atoms with Crippen molar-refractivity contribution >= 4 is 0 Å². The quantitative estimate of drug-likeness (QED) is 0.445. The Morgan fingerprint density at radius 1 is 1.56 bits per heavy atom. The largest absolute Gasteiger partial charge is 0.371 e. The molecule has 0 aliphatic heterocycles. The number of allylic oxidation sites excluding steroid dienone is 1. The molecule has 1 aliphatic carbocycles. The van der Waals surface area contributed by atoms with E-state index in [1.807, 2.05) is 0 Å². The molecule has 1 unspecified atom stereocenters. The summed E-state index contributed by atoms with van der Waals surface area (Å²) in [6, 6.07) is 0. The van der Waals surface area contributed by atoms with Gasteiger partial charge in [0.2, 0.25) is 0 Å². The first-order chi connectivity index (χ1) is 4.43. The highest BCUT2D eigenvalue weighted by Gasteiger charge is 2.07. The molecule has 0 aromatic carbocycles. The fraction of sp³-hybridized carbons (Fsp3) is 0.714. The first kappa shape index (κ1) is 6.78. The molecule has 0 aromatic heterocycles. The Morgan fingerprint density at radius 2 is 2.44 bits per heavy atom. The van der Waals surface area contributed by atoms with Crippen molar-refractivity contribution in [1.29, 1.82) is 0 Å². The van der Waals surface area contributed by atoms with E-state index in [1.165, 1.54) is 0 Å². The maximum absolute atomic E-state index is 8.37. The van der Waals surface area contributed by atoms with Crippen molar-refractivity contribution in [3.8, 4) is 0 Å². The van der Waals surface area contributed by atoms with Crippen LogP contribution in [0.4, 0.5) is 0 Å². The Bertz CT molecular complexity index is 99.1. The Hall–Kier alpha value is -0.340. The molecule has 9 heavy (non-hydrogen) atoms. The number of rotatable bonds is 2. The van der Waals surface area contributed by atoms with Crippen LogP contribution in [0, 0.1) is 0 Å². The highest BCUT2D eigenvalue weighted by Crippen LogP contribution is 2.13. The van der Waals surface area contributed by atoms with E-state index in [0.717, 1.165) is 19.3 Å². The van der Waals surface area contributed by atoms with Crippen LogP contribution in [0.2, 0.25) is 0 Å². The Morgan fingerprint density at radius 3 is 3.00 bits per heavy atom. The third-order valence-corrected chi connectivity index (χ3v) is 1.53. The van der Waals surface area contributed by atoms with E-state index in [1.54, 1.807) is 0 Å². The molecule has 1 rings (SSSR count). The van der Waals surface area contributed by atoms with Crippen LogP contribution in [0.3, 0.4) is 0 Å². The molecule has 0 aromatic rings. The smallest absolute Gasteiger partial charge is 0.143 e. The summed E-state index contributed by atoms with van der Waals surface area (Å²) in [6.07, 6.45) is 7.61. The van der Waals surface area contributed by atoms with Crippen LogP contribution in [0.1, 0.15) is 19.3 Å². The molecule has 1 N–H and O–H groups in total. The Labute approximate surface area is 55.1 Å². The van der Waals surface area contributed by atoms with Crippen molar-refractivity contribution in [3.63, 3.8) is 0 Å². The molecule has 0 bridgehead atoms. The van der Waals surface area contributed by atoms with Crippen LogP contribution in [0.15, 0.2) is 12.2 Å². The fourth-order valence-corrected chi connectivity index (χ4v) is 1.02. The summed E-state index contributed by atoms with van der Waals surface area (Å²) < 4.78 is 4.99. The molecule has 0 amide bonds. The lowest BCUT2D eigenvalue weighted by Crippen LogP contribution is -2.14. The van der Waals surface area contributed by atoms with Gasteiger partial charge < -0.3 is 9.84 Å². The number of hydrogen-bond donors (Lipinski definition) is 1. The molecular formula is C7H12O2. The zero-order valence-electron chi connectivity index (χ0n) is 5.42. The van der Waals surface area contributed by atoms with Gasteiger partial charge in [-0.15, -0.1) is 0 Å². The van der Waals surface area contributed by atoms with Crippen molar-refractivity contribution in [2.45, 2.75) is 25.4 Å². The van der Waals surface area contributed by atoms with Gasteiger partial charge in [0.15, 0.2) is 0 Å². The maximum atomic E-state index is 8.37. The first-order valence-electron chi connectivity index (χ1n) is 3.31. The fourth-order valence-electron chi connectivity index (χ4n) is 1.02. The summed E-state index contributed by atoms with van der Waals surface area (Å²) in [4.78, 5) is 0. The second-order valence-corrected chi connectivity index (χ2v) is 2.20. The molecule has 0 saturated carbocycles. The lowest BCUT2D eigenvalue weighted by molar-refractivity contribution is -0.0522. The van der Waals surface area contributed by atoms with Gasteiger partial charge >= 0.3 is 0 Å². The van der Waals surface area contributed by atoms with Gasteiger partial charge in [0.05, 0.1) is 6.10 Å². The van der Waals surface area contributed by atoms with Crippen LogP contribution >= 0.6 is 0 Å². The molecule has 52 valence electrons. The molecular weight excluding hydrogens is 116 g/mol. The summed E-state index contributed by atoms with van der Waals surface area (Å²) in [6.45, 7) is -0.140. The van der Waals surface area contributed by atoms with Gasteiger partial charge in [-0.05, 0) is 19.3 Å². The lowest BCUT2D eigenvalue weighted by atomic mass is 10.1. The van der Waals surface area contributed by atoms with Crippen molar-refractivity contribution in [1.82, 2.24) is 0 Å². The minimum absolute atomic E-state index is 0.140. The first-order valence-corrected chi connectivity index (χ1v) is 3.31. The topological polar surface area (TPSA) is 29.5 Å². The molecule has 0 spiro atoms. The normalized spacial score (nSPS) is 26.6. The predicted molar refractivity (Wildman–Crippen MR) is 34.9 cm³/mol. The van der Waals surface area contributed by atoms with Gasteiger partial charge in [-0.1, -0.05) is 12.2 Å². The van der Waals surface area contributed by atoms with Crippen molar-refractivity contribution in [3.05, 3.63) is 12.2 Å². The number of aliphatic hydroxyl groups is 1. The average Bonchev–Trinajstić information content (AvgIpc) is 1.91. The Balaban J connectivity index is 2.18. The molecule has 0 radical (unpaired) electrons. The minimum atomic E-state index is -0.140. The third-order valence-electron chi connectivity index (χ3n) is 1.53. The van der Waals surface area contributed by atoms with Crippen LogP contribution in [-0.4, -0.2) is 18.0 Å². The highest BCUT2D eigenvalue weighted by molar-refractivity contribution is 4.90. The summed E-state index contributed by atoms with van der Waals surface area (Å²) in [5, 5.41) is 8.37. The van der Waals surface area contributed by atoms with Crippen LogP contribution in [0.5, 0.6) is 0 Å². The van der Waals surface area contributed by atoms with E-state index in [0.29, 0.717) is 0 Å². The van der Waals surface area contributed by atoms with Crippen LogP contribution in [0.25, 0.3) is 0 Å². The highest BCUT2D eigenvalue weighted by atomic mass is 16.6. The van der Waals surface area contributed by atoms with Crippen molar-refractivity contribution in [2.75, 3.05) is 6.79 Å². The molecule has 1 atom stereocenters. The maximum Gasteiger partial charge on any atom is 0.143 e. The SMILES string of the molecule is OCOC1CC=CCC1. The average molecular weight is 128 g/mol. The monoisotopic (exact) mass is 128 g/mol. The summed E-state index contributed by atoms with van der Waals surface area (Å²) in [5.74, 6) is 0. The van der Waals surface area contributed by atoms with Gasteiger partial charge in [-0.25, -0.2) is 0 Å². The second kappa shape index (κ2) is 3.64. The number of aliphatic hydroxyl groups excluding tert-OH is 1. The molecule has 2 heteroatoms. The van der Waals surface area contributed by atoms with Gasteiger partial charge in [-0.2, -0.15) is 0 Å². The van der Waals surface area contributed by atoms with E-state index in [4.69, 9.17) is 9.84 Å². The molecule has 0 fully saturated rings. The van der Waals surface area contributed by atoms with Gasteiger partial charge in [0.1, 0.15) is 6.79 Å². The standard InChI is InChI=1S/C7H12O2/c8-6-9-7-4-2-1-3-5-7/h1-2,7-8H,3-6H2. The van der Waals surface area contributed by atoms with Gasteiger partial charge in [0.25, 0.3) is 0 Å². The number of ether oxygens (including phenoxy) is 1. The minimum Gasteiger partial charge on any atom is -0.371 e. The van der Waals surface area contributed by atoms with E-state index >= 15 is 0 Å². The predicted octanol–water partition coefficient (Wildman–Crippen LogP) is 1.06. The zero-order valence-corrected chi connectivity index (χ0v) is 5.42. The molecule has 0 heterocycles. The Kier molecular flexibility index (Phi) is 2.74.